The fourth-order valence-electron chi connectivity index (χ4n) is 4.29. The van der Waals surface area contributed by atoms with Crippen LogP contribution in [-0.2, 0) is 22.8 Å². The maximum Gasteiger partial charge on any atom is 0.344 e. The first-order valence-corrected chi connectivity index (χ1v) is 12.2. The van der Waals surface area contributed by atoms with Gasteiger partial charge in [-0.1, -0.05) is 34.6 Å². The first-order valence-electron chi connectivity index (χ1n) is 10.4. The predicted molar refractivity (Wildman–Crippen MR) is 124 cm³/mol. The van der Waals surface area contributed by atoms with Crippen molar-refractivity contribution in [3.05, 3.63) is 39.6 Å². The van der Waals surface area contributed by atoms with Gasteiger partial charge in [-0.15, -0.1) is 0 Å². The maximum atomic E-state index is 11.2. The number of nitrogens with zero attached hydrogens (tertiary/aromatic N) is 1. The average Bonchev–Trinajstić information content (AvgIpc) is 2.62. The molecule has 0 spiro atoms. The SMILES string of the molecule is CCc1c(O)c(C)c(C(C)(C)C)c(-c2cnc(NCP(=O)(O)O)c(C)c2C)c1CC. The second kappa shape index (κ2) is 8.70. The van der Waals surface area contributed by atoms with Crippen molar-refractivity contribution in [1.82, 2.24) is 4.98 Å². The number of phenols is 1. The van der Waals surface area contributed by atoms with E-state index in [1.54, 1.807) is 6.20 Å². The molecule has 1 aromatic heterocycles. The Morgan fingerprint density at radius 1 is 1.00 bits per heavy atom. The lowest BCUT2D eigenvalue weighted by molar-refractivity contribution is 0.375. The van der Waals surface area contributed by atoms with E-state index < -0.39 is 13.9 Å². The van der Waals surface area contributed by atoms with E-state index in [1.165, 1.54) is 0 Å². The van der Waals surface area contributed by atoms with Gasteiger partial charge in [0.15, 0.2) is 0 Å². The number of aromatic hydroxyl groups is 1. The molecule has 0 radical (unpaired) electrons. The van der Waals surface area contributed by atoms with Gasteiger partial charge in [-0.3, -0.25) is 4.57 Å². The van der Waals surface area contributed by atoms with E-state index in [0.717, 1.165) is 57.3 Å². The van der Waals surface area contributed by atoms with Gasteiger partial charge in [0.05, 0.1) is 0 Å². The van der Waals surface area contributed by atoms with Gasteiger partial charge in [-0.2, -0.15) is 0 Å². The van der Waals surface area contributed by atoms with Crippen LogP contribution in [-0.4, -0.2) is 26.2 Å². The Balaban J connectivity index is 2.85. The number of phenolic OH excluding ortho intramolecular Hbond substituents is 1. The minimum absolute atomic E-state index is 0.190. The van der Waals surface area contributed by atoms with Crippen LogP contribution in [0.5, 0.6) is 5.75 Å². The number of pyridine rings is 1. The third-order valence-corrected chi connectivity index (χ3v) is 6.33. The summed E-state index contributed by atoms with van der Waals surface area (Å²) in [6.45, 7) is 16.5. The fraction of sp³-hybridized carbons (Fsp3) is 0.522. The standard InChI is InChI=1S/C23H35N2O4P/c1-9-16-17(10-2)21(26)15(5)20(23(6,7)8)19(16)18-11-24-22(14(4)13(18)3)25-12-30(27,28)29/h11,26H,9-10,12H2,1-8H3,(H,24,25)(H2,27,28,29). The van der Waals surface area contributed by atoms with Gasteiger partial charge in [0.1, 0.15) is 17.9 Å². The molecule has 2 rings (SSSR count). The molecule has 6 nitrogen and oxygen atoms in total. The summed E-state index contributed by atoms with van der Waals surface area (Å²) in [6.07, 6.45) is 2.85. The summed E-state index contributed by atoms with van der Waals surface area (Å²) >= 11 is 0. The number of benzene rings is 1. The van der Waals surface area contributed by atoms with Crippen LogP contribution in [0.3, 0.4) is 0 Å². The zero-order valence-electron chi connectivity index (χ0n) is 19.3. The van der Waals surface area contributed by atoms with Crippen LogP contribution in [0.15, 0.2) is 6.20 Å². The Morgan fingerprint density at radius 2 is 1.57 bits per heavy atom. The third kappa shape index (κ3) is 4.72. The molecule has 0 atom stereocenters. The smallest absolute Gasteiger partial charge is 0.344 e. The number of hydrogen-bond acceptors (Lipinski definition) is 4. The molecule has 2 aromatic rings. The fourth-order valence-corrected chi connectivity index (χ4v) is 4.65. The van der Waals surface area contributed by atoms with Crippen LogP contribution in [0.4, 0.5) is 5.82 Å². The van der Waals surface area contributed by atoms with Crippen LogP contribution >= 0.6 is 7.60 Å². The van der Waals surface area contributed by atoms with Crippen LogP contribution in [0.2, 0.25) is 0 Å². The quantitative estimate of drug-likeness (QED) is 0.457. The molecule has 0 fully saturated rings. The van der Waals surface area contributed by atoms with Crippen LogP contribution < -0.4 is 5.32 Å². The van der Waals surface area contributed by atoms with E-state index in [4.69, 9.17) is 0 Å². The molecular weight excluding hydrogens is 399 g/mol. The Bertz CT molecular complexity index is 1000. The first-order chi connectivity index (χ1) is 13.7. The maximum absolute atomic E-state index is 11.2. The minimum atomic E-state index is -4.18. The Morgan fingerprint density at radius 3 is 2.03 bits per heavy atom. The molecule has 7 heteroatoms. The molecule has 0 aliphatic heterocycles. The van der Waals surface area contributed by atoms with Crippen molar-refractivity contribution in [2.45, 2.75) is 73.6 Å². The molecule has 0 aliphatic carbocycles. The first kappa shape index (κ1) is 24.4. The van der Waals surface area contributed by atoms with Crippen molar-refractivity contribution in [1.29, 1.82) is 0 Å². The lowest BCUT2D eigenvalue weighted by atomic mass is 9.74. The summed E-state index contributed by atoms with van der Waals surface area (Å²) in [6, 6.07) is 0. The van der Waals surface area contributed by atoms with Gasteiger partial charge in [0.25, 0.3) is 0 Å². The van der Waals surface area contributed by atoms with Gasteiger partial charge in [-0.25, -0.2) is 4.98 Å². The highest BCUT2D eigenvalue weighted by molar-refractivity contribution is 7.51. The number of nitrogens with one attached hydrogen (secondary N) is 1. The number of hydrogen-bond donors (Lipinski definition) is 4. The molecule has 1 aromatic carbocycles. The summed E-state index contributed by atoms with van der Waals surface area (Å²) in [5, 5.41) is 13.7. The molecule has 4 N–H and O–H groups in total. The summed E-state index contributed by atoms with van der Waals surface area (Å²) in [5.41, 5.74) is 7.88. The van der Waals surface area contributed by atoms with Gasteiger partial charge in [0, 0.05) is 11.8 Å². The monoisotopic (exact) mass is 434 g/mol. The van der Waals surface area contributed by atoms with Crippen LogP contribution in [0.25, 0.3) is 11.1 Å². The average molecular weight is 435 g/mol. The van der Waals surface area contributed by atoms with E-state index in [1.807, 2.05) is 20.8 Å². The molecule has 166 valence electrons. The van der Waals surface area contributed by atoms with Gasteiger partial charge >= 0.3 is 7.60 Å². The minimum Gasteiger partial charge on any atom is -0.507 e. The molecule has 0 saturated carbocycles. The summed E-state index contributed by atoms with van der Waals surface area (Å²) in [7, 11) is -4.18. The lowest BCUT2D eigenvalue weighted by Gasteiger charge is -2.31. The third-order valence-electron chi connectivity index (χ3n) is 5.76. The highest BCUT2D eigenvalue weighted by Crippen LogP contribution is 2.46. The van der Waals surface area contributed by atoms with Gasteiger partial charge in [0.2, 0.25) is 0 Å². The number of aromatic nitrogens is 1. The zero-order chi connectivity index (χ0) is 23.0. The van der Waals surface area contributed by atoms with E-state index in [9.17, 15) is 19.5 Å². The van der Waals surface area contributed by atoms with E-state index >= 15 is 0 Å². The summed E-state index contributed by atoms with van der Waals surface area (Å²) < 4.78 is 11.2. The molecule has 0 saturated heterocycles. The molecule has 0 unspecified atom stereocenters. The highest BCUT2D eigenvalue weighted by atomic mass is 31.2. The van der Waals surface area contributed by atoms with E-state index in [-0.39, 0.29) is 5.41 Å². The van der Waals surface area contributed by atoms with Crippen molar-refractivity contribution in [3.63, 3.8) is 0 Å². The molecular formula is C23H35N2O4P. The van der Waals surface area contributed by atoms with Crippen LogP contribution in [0, 0.1) is 20.8 Å². The molecule has 1 heterocycles. The van der Waals surface area contributed by atoms with E-state index in [0.29, 0.717) is 11.6 Å². The van der Waals surface area contributed by atoms with Crippen molar-refractivity contribution < 1.29 is 19.5 Å². The molecule has 30 heavy (non-hydrogen) atoms. The van der Waals surface area contributed by atoms with Crippen molar-refractivity contribution in [3.8, 4) is 16.9 Å². The lowest BCUT2D eigenvalue weighted by Crippen LogP contribution is -2.18. The van der Waals surface area contributed by atoms with Crippen molar-refractivity contribution >= 4 is 13.4 Å². The van der Waals surface area contributed by atoms with Gasteiger partial charge < -0.3 is 20.2 Å². The Labute approximate surface area is 179 Å². The summed E-state index contributed by atoms with van der Waals surface area (Å²) in [5.74, 6) is 0.853. The zero-order valence-corrected chi connectivity index (χ0v) is 20.2. The van der Waals surface area contributed by atoms with Crippen molar-refractivity contribution in [2.75, 3.05) is 11.6 Å². The largest absolute Gasteiger partial charge is 0.507 e. The predicted octanol–water partition coefficient (Wildman–Crippen LogP) is 5.35. The number of anilines is 1. The molecule has 0 amide bonds. The Kier molecular flexibility index (Phi) is 7.07. The summed E-state index contributed by atoms with van der Waals surface area (Å²) in [4.78, 5) is 22.9. The topological polar surface area (TPSA) is 103 Å². The molecule has 0 aliphatic rings. The van der Waals surface area contributed by atoms with E-state index in [2.05, 4.69) is 44.9 Å². The van der Waals surface area contributed by atoms with Gasteiger partial charge in [-0.05, 0) is 78.0 Å². The normalized spacial score (nSPS) is 12.3. The Hall–Kier alpha value is -1.88. The van der Waals surface area contributed by atoms with Crippen LogP contribution in [0.1, 0.15) is 68.0 Å². The highest BCUT2D eigenvalue weighted by Gasteiger charge is 2.29. The molecule has 0 bridgehead atoms. The second-order valence-corrected chi connectivity index (χ2v) is 10.6. The second-order valence-electron chi connectivity index (χ2n) is 8.91. The van der Waals surface area contributed by atoms with Crippen molar-refractivity contribution in [2.24, 2.45) is 0 Å². The number of rotatable bonds is 6.